The topological polar surface area (TPSA) is 92.4 Å². The van der Waals surface area contributed by atoms with Gasteiger partial charge in [-0.2, -0.15) is 0 Å². The zero-order valence-electron chi connectivity index (χ0n) is 17.7. The van der Waals surface area contributed by atoms with Crippen molar-refractivity contribution in [1.29, 1.82) is 0 Å². The third kappa shape index (κ3) is 18.3. The summed E-state index contributed by atoms with van der Waals surface area (Å²) < 4.78 is 0. The van der Waals surface area contributed by atoms with Gasteiger partial charge in [-0.05, 0) is 38.5 Å². The minimum absolute atomic E-state index is 0.00530. The molecule has 1 unspecified atom stereocenters. The average molecular weight is 413 g/mol. The van der Waals surface area contributed by atoms with Crippen LogP contribution in [0.1, 0.15) is 84.0 Å². The van der Waals surface area contributed by atoms with Crippen molar-refractivity contribution < 1.29 is 14.5 Å². The van der Waals surface area contributed by atoms with Gasteiger partial charge in [-0.15, -0.1) is 0 Å². The summed E-state index contributed by atoms with van der Waals surface area (Å²) in [4.78, 5) is 32.4. The number of rotatable bonds is 19. The van der Waals surface area contributed by atoms with E-state index < -0.39 is 8.15 Å². The Hall–Kier alpha value is -1.03. The number of allylic oxidation sites excluding steroid dienone is 4. The van der Waals surface area contributed by atoms with E-state index in [1.807, 2.05) is 0 Å². The molecule has 0 fully saturated rings. The van der Waals surface area contributed by atoms with Crippen LogP contribution in [0.25, 0.3) is 0 Å². The maximum absolute atomic E-state index is 11.7. The number of amides is 1. The van der Waals surface area contributed by atoms with Crippen LogP contribution in [-0.4, -0.2) is 35.6 Å². The molecule has 0 saturated heterocycles. The molecule has 1 atom stereocenters. The van der Waals surface area contributed by atoms with E-state index in [4.69, 9.17) is 5.73 Å². The third-order valence-electron chi connectivity index (χ3n) is 4.46. The zero-order valence-corrected chi connectivity index (χ0v) is 18.6. The average Bonchev–Trinajstić information content (AvgIpc) is 2.70. The zero-order chi connectivity index (χ0) is 20.9. The summed E-state index contributed by atoms with van der Waals surface area (Å²) in [6.07, 6.45) is 22.7. The van der Waals surface area contributed by atoms with Gasteiger partial charge < -0.3 is 15.9 Å². The van der Waals surface area contributed by atoms with E-state index in [2.05, 4.69) is 36.5 Å². The molecule has 0 aliphatic carbocycles. The van der Waals surface area contributed by atoms with E-state index in [-0.39, 0.29) is 18.0 Å². The van der Waals surface area contributed by atoms with Crippen molar-refractivity contribution in [2.75, 3.05) is 19.3 Å². The number of carbonyl (C=O) groups excluding carboxylic acids is 2. The molecule has 0 saturated carbocycles. The predicted octanol–water partition coefficient (Wildman–Crippen LogP) is 4.79. The first kappa shape index (κ1) is 27.0. The fraction of sp³-hybridized carbons (Fsp3) is 0.727. The van der Waals surface area contributed by atoms with E-state index in [0.717, 1.165) is 32.1 Å². The Kier molecular flexibility index (Phi) is 19.9. The molecule has 162 valence electrons. The van der Waals surface area contributed by atoms with Crippen molar-refractivity contribution in [3.8, 4) is 0 Å². The van der Waals surface area contributed by atoms with Crippen LogP contribution in [0.15, 0.2) is 24.3 Å². The quantitative estimate of drug-likeness (QED) is 0.162. The number of unbranched alkanes of at least 4 members (excludes halogenated alkanes) is 8. The van der Waals surface area contributed by atoms with Gasteiger partial charge in [0.25, 0.3) is 0 Å². The van der Waals surface area contributed by atoms with E-state index in [1.165, 1.54) is 38.5 Å². The van der Waals surface area contributed by atoms with Gasteiger partial charge in [0.2, 0.25) is 5.91 Å². The molecule has 0 spiro atoms. The summed E-state index contributed by atoms with van der Waals surface area (Å²) in [5.74, 6) is -0.00530. The van der Waals surface area contributed by atoms with Gasteiger partial charge in [-0.1, -0.05) is 63.3 Å². The molecular formula is C22H41N2O3P. The summed E-state index contributed by atoms with van der Waals surface area (Å²) in [6, 6.07) is 0. The van der Waals surface area contributed by atoms with Crippen LogP contribution in [0.4, 0.5) is 0 Å². The Bertz CT molecular complexity index is 453. The normalized spacial score (nSPS) is 12.7. The maximum Gasteiger partial charge on any atom is 0.220 e. The first-order valence-electron chi connectivity index (χ1n) is 10.9. The minimum Gasteiger partial charge on any atom is -0.366 e. The molecule has 0 radical (unpaired) electrons. The van der Waals surface area contributed by atoms with Gasteiger partial charge in [0.15, 0.2) is 5.52 Å². The van der Waals surface area contributed by atoms with Crippen molar-refractivity contribution >= 4 is 19.6 Å². The van der Waals surface area contributed by atoms with Crippen molar-refractivity contribution in [2.45, 2.75) is 84.0 Å². The van der Waals surface area contributed by atoms with Crippen molar-refractivity contribution in [3.05, 3.63) is 24.3 Å². The number of carbonyl (C=O) groups is 2. The highest BCUT2D eigenvalue weighted by atomic mass is 31.1. The Balaban J connectivity index is 3.39. The molecule has 0 heterocycles. The van der Waals surface area contributed by atoms with Crippen LogP contribution in [0.3, 0.4) is 0 Å². The Morgan fingerprint density at radius 1 is 0.929 bits per heavy atom. The molecule has 0 aromatic carbocycles. The molecule has 1 amide bonds. The van der Waals surface area contributed by atoms with Crippen LogP contribution in [0.5, 0.6) is 0 Å². The smallest absolute Gasteiger partial charge is 0.220 e. The third-order valence-corrected chi connectivity index (χ3v) is 5.87. The Morgan fingerprint density at radius 3 is 2.18 bits per heavy atom. The number of nitrogens with two attached hydrogens (primary N) is 1. The van der Waals surface area contributed by atoms with Gasteiger partial charge in [-0.3, -0.25) is 9.59 Å². The SMILES string of the molecule is CCCCCC=CCC=CCCCCCCCC(=O)NCCP(O)C(=O)CN. The second kappa shape index (κ2) is 20.7. The monoisotopic (exact) mass is 412 g/mol. The summed E-state index contributed by atoms with van der Waals surface area (Å²) in [5, 5.41) is 2.75. The van der Waals surface area contributed by atoms with E-state index in [0.29, 0.717) is 19.1 Å². The summed E-state index contributed by atoms with van der Waals surface area (Å²) in [5.41, 5.74) is 4.87. The molecular weight excluding hydrogens is 371 g/mol. The number of nitrogens with one attached hydrogen (secondary N) is 1. The predicted molar refractivity (Wildman–Crippen MR) is 120 cm³/mol. The first-order valence-corrected chi connectivity index (χ1v) is 12.4. The first-order chi connectivity index (χ1) is 13.6. The minimum atomic E-state index is -1.69. The fourth-order valence-corrected chi connectivity index (χ4v) is 3.50. The Labute approximate surface area is 173 Å². The molecule has 0 aliphatic rings. The van der Waals surface area contributed by atoms with E-state index in [9.17, 15) is 14.5 Å². The molecule has 0 aromatic heterocycles. The highest BCUT2D eigenvalue weighted by Crippen LogP contribution is 2.28. The van der Waals surface area contributed by atoms with Crippen molar-refractivity contribution in [2.24, 2.45) is 5.73 Å². The van der Waals surface area contributed by atoms with Crippen LogP contribution < -0.4 is 11.1 Å². The molecule has 6 heteroatoms. The van der Waals surface area contributed by atoms with Gasteiger partial charge in [0, 0.05) is 19.1 Å². The summed E-state index contributed by atoms with van der Waals surface area (Å²) in [7, 11) is -1.69. The van der Waals surface area contributed by atoms with Crippen molar-refractivity contribution in [1.82, 2.24) is 5.32 Å². The van der Waals surface area contributed by atoms with Crippen LogP contribution in [0, 0.1) is 0 Å². The van der Waals surface area contributed by atoms with Gasteiger partial charge in [0.1, 0.15) is 0 Å². The second-order valence-electron chi connectivity index (χ2n) is 7.05. The largest absolute Gasteiger partial charge is 0.366 e. The fourth-order valence-electron chi connectivity index (χ4n) is 2.72. The lowest BCUT2D eigenvalue weighted by molar-refractivity contribution is -0.121. The lowest BCUT2D eigenvalue weighted by Gasteiger charge is -2.09. The van der Waals surface area contributed by atoms with Gasteiger partial charge in [-0.25, -0.2) is 0 Å². The Morgan fingerprint density at radius 2 is 1.54 bits per heavy atom. The number of hydrogen-bond acceptors (Lipinski definition) is 4. The lowest BCUT2D eigenvalue weighted by Crippen LogP contribution is -2.26. The summed E-state index contributed by atoms with van der Waals surface area (Å²) >= 11 is 0. The highest BCUT2D eigenvalue weighted by molar-refractivity contribution is 7.69. The van der Waals surface area contributed by atoms with Crippen molar-refractivity contribution in [3.63, 3.8) is 0 Å². The maximum atomic E-state index is 11.7. The molecule has 4 N–H and O–H groups in total. The standard InChI is InChI=1S/C22H41N2O3P/c1-2-3-4-5-6-7-8-9-10-11-12-13-14-15-16-17-21(25)24-18-19-28(27)22(26)20-23/h6-7,9-10,27H,2-5,8,11-20,23H2,1H3,(H,24,25). The lowest BCUT2D eigenvalue weighted by atomic mass is 10.1. The van der Waals surface area contributed by atoms with E-state index in [1.54, 1.807) is 0 Å². The van der Waals surface area contributed by atoms with Gasteiger partial charge >= 0.3 is 0 Å². The number of hydrogen-bond donors (Lipinski definition) is 3. The van der Waals surface area contributed by atoms with E-state index >= 15 is 0 Å². The molecule has 0 aromatic rings. The van der Waals surface area contributed by atoms with Crippen LogP contribution >= 0.6 is 8.15 Å². The molecule has 28 heavy (non-hydrogen) atoms. The summed E-state index contributed by atoms with van der Waals surface area (Å²) in [6.45, 7) is 2.43. The van der Waals surface area contributed by atoms with Gasteiger partial charge in [0.05, 0.1) is 14.7 Å². The second-order valence-corrected chi connectivity index (χ2v) is 8.80. The molecule has 0 bridgehead atoms. The molecule has 5 nitrogen and oxygen atoms in total. The van der Waals surface area contributed by atoms with Crippen LogP contribution in [-0.2, 0) is 9.59 Å². The highest BCUT2D eigenvalue weighted by Gasteiger charge is 2.13. The molecule has 0 aliphatic heterocycles. The van der Waals surface area contributed by atoms with Crippen LogP contribution in [0.2, 0.25) is 0 Å². The molecule has 0 rings (SSSR count).